The van der Waals surface area contributed by atoms with Crippen LogP contribution >= 0.6 is 0 Å². The van der Waals surface area contributed by atoms with Gasteiger partial charge in [0.25, 0.3) is 0 Å². The third kappa shape index (κ3) is 0.238. The van der Waals surface area contributed by atoms with Crippen molar-refractivity contribution in [2.45, 2.75) is 0 Å². The Labute approximate surface area is 33.3 Å². The first-order valence-corrected chi connectivity index (χ1v) is 1.10. The Morgan fingerprint density at radius 3 is 3.40 bits per heavy atom. The molecule has 3 heteroatoms. The number of hydrogen-bond donors (Lipinski definition) is 1. The van der Waals surface area contributed by atoms with Crippen molar-refractivity contribution < 1.29 is 4.15 Å². The predicted molar refractivity (Wildman–Crippen MR) is 16.4 cm³/mol. The Balaban J connectivity index is 3.19. The van der Waals surface area contributed by atoms with Gasteiger partial charge in [0, 0.05) is 6.17 Å². The van der Waals surface area contributed by atoms with Gasteiger partial charge in [-0.1, -0.05) is 5.21 Å². The molecule has 0 aliphatic rings. The van der Waals surface area contributed by atoms with Crippen molar-refractivity contribution in [3.8, 4) is 0 Å². The summed E-state index contributed by atoms with van der Waals surface area (Å²) in [6.45, 7) is 0. The van der Waals surface area contributed by atoms with E-state index >= 15 is 0 Å². The first kappa shape index (κ1) is 0.801. The van der Waals surface area contributed by atoms with E-state index in [4.69, 9.17) is 4.15 Å². The van der Waals surface area contributed by atoms with Crippen molar-refractivity contribution in [2.75, 3.05) is 0 Å². The lowest BCUT2D eigenvalue weighted by Crippen LogP contribution is -1.61. The van der Waals surface area contributed by atoms with Gasteiger partial charge in [0.05, 0.1) is 8.91 Å². The lowest BCUT2D eigenvalue weighted by atomic mass is 11.0. The molecule has 1 aromatic heterocycles. The third-order valence-electron chi connectivity index (χ3n) is 0.239. The van der Waals surface area contributed by atoms with Crippen LogP contribution in [0.2, 0.25) is 1.41 Å². The molecular formula is C2H3N3. The second kappa shape index (κ2) is 0.839. The smallest absolute Gasteiger partial charge is 0.191 e. The standard InChI is InChI=1S/C2H3N3/c1-2-4-5-3-1/h1-2H,(H,3,4,5)/i1T,2T/hT. The normalized spacial score (nSPS) is 16.4. The highest BCUT2D eigenvalue weighted by Crippen LogP contribution is 1.55. The number of aromatic amines is 1. The highest BCUT2D eigenvalue weighted by Gasteiger charge is 1.57. The van der Waals surface area contributed by atoms with Crippen molar-refractivity contribution >= 4 is 0 Å². The van der Waals surface area contributed by atoms with E-state index in [0.29, 0.717) is 5.09 Å². The number of nitrogens with one attached hydrogen (secondary N) is 1. The summed E-state index contributed by atoms with van der Waals surface area (Å²) in [5, 5.41) is 6.68. The van der Waals surface area contributed by atoms with Crippen LogP contribution in [0, 0.1) is 0 Å². The average Bonchev–Trinajstić information content (AvgIpc) is 1.98. The summed E-state index contributed by atoms with van der Waals surface area (Å²) in [4.78, 5) is 0. The minimum absolute atomic E-state index is 0.264. The monoisotopic (exact) mass is 75.1 g/mol. The van der Waals surface area contributed by atoms with E-state index in [2.05, 4.69) is 10.3 Å². The molecule has 0 spiro atoms. The molecule has 0 aliphatic heterocycles. The van der Waals surface area contributed by atoms with E-state index in [1.54, 1.807) is 0 Å². The predicted octanol–water partition coefficient (Wildman–Crippen LogP) is -0.195. The second-order valence-electron chi connectivity index (χ2n) is 0.513. The lowest BCUT2D eigenvalue weighted by molar-refractivity contribution is 0.940. The molecule has 0 saturated carbocycles. The minimum atomic E-state index is -0.287. The molecule has 0 fully saturated rings. The highest BCUT2D eigenvalue weighted by atomic mass is 15.3. The quantitative estimate of drug-likeness (QED) is 0.464. The van der Waals surface area contributed by atoms with Crippen LogP contribution in [0.5, 0.6) is 0 Å². The molecule has 1 rings (SSSR count). The fourth-order valence-corrected chi connectivity index (χ4v) is 0.112. The molecule has 1 heterocycles. The van der Waals surface area contributed by atoms with Crippen molar-refractivity contribution in [2.24, 2.45) is 0 Å². The van der Waals surface area contributed by atoms with Gasteiger partial charge in [-0.15, -0.1) is 5.10 Å². The van der Waals surface area contributed by atoms with Crippen LogP contribution in [0.1, 0.15) is 2.74 Å². The molecule has 0 unspecified atom stereocenters. The maximum atomic E-state index is 6.79. The molecule has 26 valence electrons. The van der Waals surface area contributed by atoms with Crippen LogP contribution in [0.25, 0.3) is 0 Å². The molecule has 0 aromatic carbocycles. The van der Waals surface area contributed by atoms with Crippen molar-refractivity contribution in [1.82, 2.24) is 15.4 Å². The topological polar surface area (TPSA) is 41.6 Å². The summed E-state index contributed by atoms with van der Waals surface area (Å²) in [6.07, 6.45) is -0.551. The number of nitrogens with zero attached hydrogens (tertiary/aromatic N) is 2. The van der Waals surface area contributed by atoms with E-state index in [1.807, 2.05) is 0 Å². The van der Waals surface area contributed by atoms with Gasteiger partial charge < -0.3 is 0 Å². The Kier molecular flexibility index (Phi) is 0.134. The van der Waals surface area contributed by atoms with E-state index in [9.17, 15) is 0 Å². The maximum absolute atomic E-state index is 6.79. The summed E-state index contributed by atoms with van der Waals surface area (Å²) in [6, 6.07) is 0. The number of hydrogen-bond acceptors (Lipinski definition) is 2. The van der Waals surface area contributed by atoms with Gasteiger partial charge in [0.15, 0.2) is 1.41 Å². The first-order chi connectivity index (χ1) is 3.72. The molecule has 0 aliphatic carbocycles. The Hall–Kier alpha value is -0.860. The summed E-state index contributed by atoms with van der Waals surface area (Å²) in [7, 11) is 0. The molecule has 0 bridgehead atoms. The van der Waals surface area contributed by atoms with Crippen molar-refractivity contribution in [1.29, 1.82) is 0 Å². The van der Waals surface area contributed by atoms with Crippen molar-refractivity contribution in [3.63, 3.8) is 0 Å². The maximum Gasteiger partial charge on any atom is 0.191 e. The SMILES string of the molecule is [3H]c1nnn([3H])c1[3H]. The first-order valence-electron chi connectivity index (χ1n) is 2.54. The zero-order valence-electron chi connectivity index (χ0n) is 5.34. The van der Waals surface area contributed by atoms with Crippen LogP contribution < -0.4 is 0 Å². The van der Waals surface area contributed by atoms with Crippen LogP contribution in [-0.2, 0) is 0 Å². The summed E-state index contributed by atoms with van der Waals surface area (Å²) in [5.74, 6) is 0. The van der Waals surface area contributed by atoms with Gasteiger partial charge in [0.2, 0.25) is 0 Å². The molecule has 1 aromatic rings. The van der Waals surface area contributed by atoms with Gasteiger partial charge in [-0.25, -0.2) is 0 Å². The minimum Gasteiger partial charge on any atom is -0.266 e. The van der Waals surface area contributed by atoms with E-state index < -0.39 is 0 Å². The Morgan fingerprint density at radius 1 is 2.20 bits per heavy atom. The zero-order valence-corrected chi connectivity index (χ0v) is 2.34. The third-order valence-corrected chi connectivity index (χ3v) is 0.239. The molecular weight excluding hydrogens is 66.0 g/mol. The number of aromatic nitrogens is 3. The molecule has 5 heavy (non-hydrogen) atoms. The van der Waals surface area contributed by atoms with Gasteiger partial charge in [-0.2, -0.15) is 0 Å². The lowest BCUT2D eigenvalue weighted by Gasteiger charge is -1.46. The van der Waals surface area contributed by atoms with Crippen LogP contribution in [-0.4, -0.2) is 15.4 Å². The Morgan fingerprint density at radius 2 is 3.20 bits per heavy atom. The fraction of sp³-hybridized carbons (Fsp3) is 0. The molecule has 0 saturated heterocycles. The molecule has 3 nitrogen and oxygen atoms in total. The van der Waals surface area contributed by atoms with E-state index in [1.165, 1.54) is 0 Å². The second-order valence-corrected chi connectivity index (χ2v) is 0.513. The average molecular weight is 75.1 g/mol. The number of H-pyrrole nitrogens is 1. The molecule has 0 amide bonds. The molecule has 0 atom stereocenters. The van der Waals surface area contributed by atoms with Gasteiger partial charge in [-0.05, 0) is 0 Å². The van der Waals surface area contributed by atoms with Gasteiger partial charge >= 0.3 is 0 Å². The van der Waals surface area contributed by atoms with E-state index in [-0.39, 0.29) is 12.3 Å². The largest absolute Gasteiger partial charge is 0.266 e. The van der Waals surface area contributed by atoms with Crippen LogP contribution in [0.4, 0.5) is 0 Å². The Bertz CT molecular complexity index is 175. The highest BCUT2D eigenvalue weighted by molar-refractivity contribution is 4.54. The van der Waals surface area contributed by atoms with Crippen LogP contribution in [0.3, 0.4) is 0 Å². The van der Waals surface area contributed by atoms with Crippen molar-refractivity contribution in [3.05, 3.63) is 12.3 Å². The molecule has 0 radical (unpaired) electrons. The fourth-order valence-electron chi connectivity index (χ4n) is 0.112. The van der Waals surface area contributed by atoms with Gasteiger partial charge in [-0.3, -0.25) is 5.09 Å². The number of rotatable bonds is 0. The van der Waals surface area contributed by atoms with Crippen LogP contribution in [0.15, 0.2) is 12.3 Å². The zero-order chi connectivity index (χ0) is 6.15. The summed E-state index contributed by atoms with van der Waals surface area (Å²) >= 11 is 0. The van der Waals surface area contributed by atoms with E-state index in [0.717, 1.165) is 0 Å². The van der Waals surface area contributed by atoms with Gasteiger partial charge in [0.1, 0.15) is 0 Å². The summed E-state index contributed by atoms with van der Waals surface area (Å²) < 4.78 is 20.2. The molecule has 1 N–H and O–H groups in total. The summed E-state index contributed by atoms with van der Waals surface area (Å²) in [5.41, 5.74) is 0.